The Hall–Kier alpha value is -2.58. The van der Waals surface area contributed by atoms with Crippen molar-refractivity contribution in [3.63, 3.8) is 0 Å². The second kappa shape index (κ2) is 5.81. The Morgan fingerprint density at radius 3 is 2.71 bits per heavy atom. The van der Waals surface area contributed by atoms with E-state index in [1.807, 2.05) is 6.07 Å². The summed E-state index contributed by atoms with van der Waals surface area (Å²) in [4.78, 5) is 12.3. The first-order chi connectivity index (χ1) is 9.92. The van der Waals surface area contributed by atoms with Crippen molar-refractivity contribution < 1.29 is 9.90 Å². The van der Waals surface area contributed by atoms with Crippen molar-refractivity contribution >= 4 is 23.6 Å². The minimum Gasteiger partial charge on any atom is -0.507 e. The quantitative estimate of drug-likeness (QED) is 0.683. The number of hydrogen-bond donors (Lipinski definition) is 1. The smallest absolute Gasteiger partial charge is 0.289 e. The van der Waals surface area contributed by atoms with Gasteiger partial charge in [0.2, 0.25) is 0 Å². The summed E-state index contributed by atoms with van der Waals surface area (Å²) in [5, 5.41) is 23.4. The SMILES string of the molecule is Cc1cc(C)n(C(=O)/C(C#N)=C/c2cc(Cl)ccc2O)n1. The number of carbonyl (C=O) groups excluding carboxylic acids is 1. The van der Waals surface area contributed by atoms with Crippen LogP contribution in [0.2, 0.25) is 5.02 Å². The van der Waals surface area contributed by atoms with Crippen molar-refractivity contribution in [2.24, 2.45) is 0 Å². The Morgan fingerprint density at radius 1 is 1.43 bits per heavy atom. The first kappa shape index (κ1) is 14.8. The maximum absolute atomic E-state index is 12.3. The number of phenolic OH excluding ortho intramolecular Hbond substituents is 1. The zero-order chi connectivity index (χ0) is 15.6. The van der Waals surface area contributed by atoms with Gasteiger partial charge in [0.1, 0.15) is 17.4 Å². The van der Waals surface area contributed by atoms with E-state index in [0.717, 1.165) is 4.68 Å². The van der Waals surface area contributed by atoms with Gasteiger partial charge in [-0.25, -0.2) is 4.68 Å². The summed E-state index contributed by atoms with van der Waals surface area (Å²) < 4.78 is 1.16. The van der Waals surface area contributed by atoms with Crippen molar-refractivity contribution in [1.29, 1.82) is 5.26 Å². The van der Waals surface area contributed by atoms with E-state index in [9.17, 15) is 15.2 Å². The molecule has 1 aromatic heterocycles. The van der Waals surface area contributed by atoms with Crippen LogP contribution < -0.4 is 0 Å². The lowest BCUT2D eigenvalue weighted by Crippen LogP contribution is -2.15. The van der Waals surface area contributed by atoms with Crippen LogP contribution in [0.3, 0.4) is 0 Å². The molecule has 6 heteroatoms. The molecule has 2 rings (SSSR count). The third-order valence-corrected chi connectivity index (χ3v) is 3.08. The maximum atomic E-state index is 12.3. The number of phenols is 1. The molecule has 2 aromatic rings. The number of hydrogen-bond acceptors (Lipinski definition) is 4. The summed E-state index contributed by atoms with van der Waals surface area (Å²) in [6.45, 7) is 3.49. The lowest BCUT2D eigenvalue weighted by molar-refractivity contribution is 0.0944. The van der Waals surface area contributed by atoms with Gasteiger partial charge in [-0.2, -0.15) is 10.4 Å². The largest absolute Gasteiger partial charge is 0.507 e. The molecule has 0 spiro atoms. The van der Waals surface area contributed by atoms with E-state index >= 15 is 0 Å². The summed E-state index contributed by atoms with van der Waals surface area (Å²) >= 11 is 5.84. The molecule has 0 saturated carbocycles. The van der Waals surface area contributed by atoms with Gasteiger partial charge >= 0.3 is 0 Å². The average Bonchev–Trinajstić information content (AvgIpc) is 2.78. The van der Waals surface area contributed by atoms with Crippen molar-refractivity contribution in [2.45, 2.75) is 13.8 Å². The van der Waals surface area contributed by atoms with Crippen LogP contribution in [0.5, 0.6) is 5.75 Å². The van der Waals surface area contributed by atoms with Gasteiger partial charge in [-0.05, 0) is 44.2 Å². The van der Waals surface area contributed by atoms with Gasteiger partial charge in [0.05, 0.1) is 5.69 Å². The lowest BCUT2D eigenvalue weighted by Gasteiger charge is -2.03. The molecule has 0 atom stereocenters. The van der Waals surface area contributed by atoms with Crippen LogP contribution in [0, 0.1) is 25.2 Å². The lowest BCUT2D eigenvalue weighted by atomic mass is 10.1. The number of allylic oxidation sites excluding steroid dienone is 1. The Bertz CT molecular complexity index is 785. The highest BCUT2D eigenvalue weighted by Gasteiger charge is 2.16. The third kappa shape index (κ3) is 3.12. The molecule has 0 fully saturated rings. The van der Waals surface area contributed by atoms with E-state index in [4.69, 9.17) is 11.6 Å². The molecule has 0 amide bonds. The van der Waals surface area contributed by atoms with Crippen LogP contribution in [0.1, 0.15) is 21.7 Å². The fourth-order valence-corrected chi connectivity index (χ4v) is 2.07. The average molecular weight is 302 g/mol. The van der Waals surface area contributed by atoms with Gasteiger partial charge in [0.15, 0.2) is 0 Å². The van der Waals surface area contributed by atoms with Crippen LogP contribution in [0.25, 0.3) is 6.08 Å². The van der Waals surface area contributed by atoms with E-state index in [-0.39, 0.29) is 11.3 Å². The Labute approximate surface area is 126 Å². The van der Waals surface area contributed by atoms with E-state index in [1.54, 1.807) is 19.9 Å². The number of carbonyl (C=O) groups is 1. The van der Waals surface area contributed by atoms with E-state index in [1.165, 1.54) is 24.3 Å². The molecule has 0 aliphatic rings. The van der Waals surface area contributed by atoms with Crippen LogP contribution in [-0.4, -0.2) is 20.8 Å². The van der Waals surface area contributed by atoms with Gasteiger partial charge in [-0.15, -0.1) is 0 Å². The molecule has 1 heterocycles. The van der Waals surface area contributed by atoms with Crippen LogP contribution >= 0.6 is 11.6 Å². The molecule has 5 nitrogen and oxygen atoms in total. The molecule has 0 aliphatic carbocycles. The summed E-state index contributed by atoms with van der Waals surface area (Å²) in [7, 11) is 0. The number of aryl methyl sites for hydroxylation is 2. The van der Waals surface area contributed by atoms with Gasteiger partial charge in [-0.3, -0.25) is 4.79 Å². The normalized spacial score (nSPS) is 11.2. The molecule has 0 saturated heterocycles. The van der Waals surface area contributed by atoms with Crippen molar-refractivity contribution in [3.8, 4) is 11.8 Å². The number of nitrogens with zero attached hydrogens (tertiary/aromatic N) is 3. The molecule has 1 N–H and O–H groups in total. The number of rotatable bonds is 2. The van der Waals surface area contributed by atoms with Crippen molar-refractivity contribution in [1.82, 2.24) is 9.78 Å². The summed E-state index contributed by atoms with van der Waals surface area (Å²) in [5.41, 5.74) is 1.48. The fraction of sp³-hybridized carbons (Fsp3) is 0.133. The summed E-state index contributed by atoms with van der Waals surface area (Å²) in [5.74, 6) is -0.615. The highest BCUT2D eigenvalue weighted by atomic mass is 35.5. The predicted octanol–water partition coefficient (Wildman–Crippen LogP) is 3.11. The monoisotopic (exact) mass is 301 g/mol. The predicted molar refractivity (Wildman–Crippen MR) is 79.0 cm³/mol. The van der Waals surface area contributed by atoms with Gasteiger partial charge in [-0.1, -0.05) is 11.6 Å². The first-order valence-corrected chi connectivity index (χ1v) is 6.48. The second-order valence-corrected chi connectivity index (χ2v) is 4.95. The summed E-state index contributed by atoms with van der Waals surface area (Å²) in [6.07, 6.45) is 1.29. The molecular weight excluding hydrogens is 290 g/mol. The van der Waals surface area contributed by atoms with E-state index < -0.39 is 5.91 Å². The van der Waals surface area contributed by atoms with Gasteiger partial charge in [0.25, 0.3) is 5.91 Å². The van der Waals surface area contributed by atoms with Crippen molar-refractivity contribution in [3.05, 3.63) is 51.8 Å². The highest BCUT2D eigenvalue weighted by molar-refractivity contribution is 6.30. The number of halogens is 1. The molecule has 21 heavy (non-hydrogen) atoms. The Balaban J connectivity index is 2.47. The van der Waals surface area contributed by atoms with Gasteiger partial charge in [0, 0.05) is 16.3 Å². The fourth-order valence-electron chi connectivity index (χ4n) is 1.89. The minimum atomic E-state index is -0.553. The third-order valence-electron chi connectivity index (χ3n) is 2.84. The topological polar surface area (TPSA) is 78.9 Å². The van der Waals surface area contributed by atoms with Crippen LogP contribution in [0.15, 0.2) is 29.8 Å². The molecular formula is C15H12ClN3O2. The number of nitriles is 1. The molecule has 106 valence electrons. The Kier molecular flexibility index (Phi) is 4.10. The number of benzene rings is 1. The van der Waals surface area contributed by atoms with Crippen molar-refractivity contribution in [2.75, 3.05) is 0 Å². The number of aromatic hydroxyl groups is 1. The molecule has 0 bridgehead atoms. The number of aromatic nitrogens is 2. The van der Waals surface area contributed by atoms with E-state index in [2.05, 4.69) is 5.10 Å². The van der Waals surface area contributed by atoms with Crippen LogP contribution in [-0.2, 0) is 0 Å². The molecule has 1 aromatic carbocycles. The Morgan fingerprint density at radius 2 is 2.14 bits per heavy atom. The summed E-state index contributed by atoms with van der Waals surface area (Å²) in [6, 6.07) is 7.96. The molecule has 0 unspecified atom stereocenters. The van der Waals surface area contributed by atoms with Gasteiger partial charge < -0.3 is 5.11 Å². The maximum Gasteiger partial charge on any atom is 0.289 e. The van der Waals surface area contributed by atoms with E-state index in [0.29, 0.717) is 22.0 Å². The second-order valence-electron chi connectivity index (χ2n) is 4.52. The molecule has 0 aliphatic heterocycles. The van der Waals surface area contributed by atoms with Crippen LogP contribution in [0.4, 0.5) is 0 Å². The standard InChI is InChI=1S/C15H12ClN3O2/c1-9-5-10(2)19(18-9)15(21)12(8-17)6-11-7-13(16)3-4-14(11)20/h3-7,20H,1-2H3/b12-6+. The zero-order valence-electron chi connectivity index (χ0n) is 11.5. The highest BCUT2D eigenvalue weighted by Crippen LogP contribution is 2.24. The zero-order valence-corrected chi connectivity index (χ0v) is 12.2. The minimum absolute atomic E-state index is 0.0617. The first-order valence-electron chi connectivity index (χ1n) is 6.10. The molecule has 0 radical (unpaired) electrons.